The highest BCUT2D eigenvalue weighted by atomic mass is 16.6. The normalized spacial score (nSPS) is 14.1. The molecule has 1 aliphatic heterocycles. The second-order valence-corrected chi connectivity index (χ2v) is 3.99. The number of rotatable bonds is 4. The van der Waals surface area contributed by atoms with Gasteiger partial charge in [0.1, 0.15) is 13.2 Å². The smallest absolute Gasteiger partial charge is 0.246 e. The third-order valence-electron chi connectivity index (χ3n) is 2.78. The molecule has 0 unspecified atom stereocenters. The molecule has 1 aliphatic rings. The van der Waals surface area contributed by atoms with Crippen LogP contribution in [0.2, 0.25) is 0 Å². The predicted molar refractivity (Wildman–Crippen MR) is 69.2 cm³/mol. The molecule has 1 aromatic carbocycles. The number of allylic oxidation sites excluding steroid dienone is 1. The van der Waals surface area contributed by atoms with E-state index in [9.17, 15) is 10.1 Å². The number of nitrogens with zero attached hydrogens (tertiary/aromatic N) is 1. The van der Waals surface area contributed by atoms with Gasteiger partial charge in [0.2, 0.25) is 11.4 Å². The Labute approximate surface area is 110 Å². The van der Waals surface area contributed by atoms with E-state index >= 15 is 0 Å². The molecule has 6 nitrogen and oxygen atoms in total. The van der Waals surface area contributed by atoms with Gasteiger partial charge >= 0.3 is 0 Å². The number of hydrogen-bond donors (Lipinski definition) is 0. The average Bonchev–Trinajstić information content (AvgIpc) is 2.43. The lowest BCUT2D eigenvalue weighted by atomic mass is 10.1. The molecule has 19 heavy (non-hydrogen) atoms. The van der Waals surface area contributed by atoms with E-state index in [4.69, 9.17) is 14.2 Å². The first-order valence-electron chi connectivity index (χ1n) is 5.98. The summed E-state index contributed by atoms with van der Waals surface area (Å²) in [4.78, 5) is 10.4. The van der Waals surface area contributed by atoms with Crippen LogP contribution in [0.1, 0.15) is 18.9 Å². The molecule has 0 bridgehead atoms. The van der Waals surface area contributed by atoms with E-state index in [-0.39, 0.29) is 10.6 Å². The van der Waals surface area contributed by atoms with Gasteiger partial charge in [0.05, 0.1) is 12.0 Å². The van der Waals surface area contributed by atoms with Crippen LogP contribution in [0.3, 0.4) is 0 Å². The Balaban J connectivity index is 2.45. The fourth-order valence-electron chi connectivity index (χ4n) is 1.85. The minimum atomic E-state index is -0.386. The molecule has 0 radical (unpaired) electrons. The molecular weight excluding hydrogens is 250 g/mol. The van der Waals surface area contributed by atoms with Crippen LogP contribution >= 0.6 is 0 Å². The molecule has 0 aliphatic carbocycles. The highest BCUT2D eigenvalue weighted by molar-refractivity contribution is 5.63. The van der Waals surface area contributed by atoms with Crippen molar-refractivity contribution in [1.82, 2.24) is 0 Å². The molecule has 0 aromatic heterocycles. The Morgan fingerprint density at radius 3 is 2.84 bits per heavy atom. The lowest BCUT2D eigenvalue weighted by Gasteiger charge is -2.20. The number of methoxy groups -OCH3 is 1. The van der Waals surface area contributed by atoms with Gasteiger partial charge in [0, 0.05) is 12.5 Å². The van der Waals surface area contributed by atoms with Gasteiger partial charge in [0.25, 0.3) is 0 Å². The van der Waals surface area contributed by atoms with Crippen LogP contribution in [0, 0.1) is 10.1 Å². The van der Waals surface area contributed by atoms with Crippen molar-refractivity contribution in [3.63, 3.8) is 0 Å². The van der Waals surface area contributed by atoms with Crippen LogP contribution in [0.25, 0.3) is 6.08 Å². The maximum Gasteiger partial charge on any atom is 0.246 e. The van der Waals surface area contributed by atoms with Crippen LogP contribution in [0.4, 0.5) is 0 Å². The maximum absolute atomic E-state index is 10.8. The van der Waals surface area contributed by atoms with Crippen LogP contribution in [-0.4, -0.2) is 25.2 Å². The van der Waals surface area contributed by atoms with Gasteiger partial charge in [-0.05, 0) is 17.7 Å². The summed E-state index contributed by atoms with van der Waals surface area (Å²) in [6, 6.07) is 3.42. The van der Waals surface area contributed by atoms with Gasteiger partial charge in [-0.3, -0.25) is 10.1 Å². The van der Waals surface area contributed by atoms with Crippen LogP contribution in [0.5, 0.6) is 17.2 Å². The quantitative estimate of drug-likeness (QED) is 0.618. The molecule has 2 rings (SSSR count). The lowest BCUT2D eigenvalue weighted by Crippen LogP contribution is -2.16. The molecule has 0 N–H and O–H groups in total. The largest absolute Gasteiger partial charge is 0.493 e. The van der Waals surface area contributed by atoms with Gasteiger partial charge in [-0.15, -0.1) is 0 Å². The van der Waals surface area contributed by atoms with E-state index in [2.05, 4.69) is 0 Å². The van der Waals surface area contributed by atoms with Crippen molar-refractivity contribution in [1.29, 1.82) is 0 Å². The van der Waals surface area contributed by atoms with Crippen molar-refractivity contribution in [2.75, 3.05) is 20.3 Å². The first kappa shape index (κ1) is 13.2. The van der Waals surface area contributed by atoms with Gasteiger partial charge in [-0.2, -0.15) is 0 Å². The fraction of sp³-hybridized carbons (Fsp3) is 0.385. The average molecular weight is 265 g/mol. The van der Waals surface area contributed by atoms with Crippen molar-refractivity contribution in [3.05, 3.63) is 33.5 Å². The molecule has 0 spiro atoms. The summed E-state index contributed by atoms with van der Waals surface area (Å²) in [7, 11) is 1.52. The lowest BCUT2D eigenvalue weighted by molar-refractivity contribution is -0.425. The number of fused-ring (bicyclic) bond motifs is 1. The fourth-order valence-corrected chi connectivity index (χ4v) is 1.85. The van der Waals surface area contributed by atoms with Crippen LogP contribution < -0.4 is 14.2 Å². The van der Waals surface area contributed by atoms with E-state index in [1.54, 1.807) is 19.1 Å². The Hall–Kier alpha value is -2.24. The van der Waals surface area contributed by atoms with Gasteiger partial charge in [-0.1, -0.05) is 6.92 Å². The second-order valence-electron chi connectivity index (χ2n) is 3.99. The summed E-state index contributed by atoms with van der Waals surface area (Å²) in [5, 5.41) is 10.8. The highest BCUT2D eigenvalue weighted by Gasteiger charge is 2.19. The Bertz CT molecular complexity index is 507. The zero-order chi connectivity index (χ0) is 13.8. The Kier molecular flexibility index (Phi) is 3.89. The monoisotopic (exact) mass is 265 g/mol. The van der Waals surface area contributed by atoms with E-state index in [0.29, 0.717) is 42.4 Å². The minimum Gasteiger partial charge on any atom is -0.493 e. The molecule has 0 saturated carbocycles. The van der Waals surface area contributed by atoms with E-state index < -0.39 is 0 Å². The zero-order valence-corrected chi connectivity index (χ0v) is 10.8. The summed E-state index contributed by atoms with van der Waals surface area (Å²) >= 11 is 0. The van der Waals surface area contributed by atoms with Crippen molar-refractivity contribution < 1.29 is 19.1 Å². The number of nitro groups is 1. The van der Waals surface area contributed by atoms with Gasteiger partial charge in [-0.25, -0.2) is 0 Å². The molecule has 1 heterocycles. The molecule has 0 atom stereocenters. The summed E-state index contributed by atoms with van der Waals surface area (Å²) in [5.74, 6) is 1.61. The molecule has 0 amide bonds. The molecule has 0 fully saturated rings. The third-order valence-corrected chi connectivity index (χ3v) is 2.78. The van der Waals surface area contributed by atoms with Crippen LogP contribution in [-0.2, 0) is 0 Å². The molecule has 102 valence electrons. The predicted octanol–water partition coefficient (Wildman–Crippen LogP) is 2.49. The van der Waals surface area contributed by atoms with Gasteiger partial charge in [0.15, 0.2) is 11.5 Å². The number of ether oxygens (including phenoxy) is 3. The molecular formula is C13H15NO5. The summed E-state index contributed by atoms with van der Waals surface area (Å²) < 4.78 is 16.2. The summed E-state index contributed by atoms with van der Waals surface area (Å²) in [6.07, 6.45) is 1.87. The molecule has 6 heteroatoms. The maximum atomic E-state index is 10.8. The first-order chi connectivity index (χ1) is 9.15. The zero-order valence-electron chi connectivity index (χ0n) is 10.8. The van der Waals surface area contributed by atoms with Crippen molar-refractivity contribution in [3.8, 4) is 17.2 Å². The van der Waals surface area contributed by atoms with Crippen molar-refractivity contribution in [2.24, 2.45) is 0 Å². The van der Waals surface area contributed by atoms with E-state index in [1.165, 1.54) is 13.2 Å². The van der Waals surface area contributed by atoms with Crippen molar-refractivity contribution in [2.45, 2.75) is 13.3 Å². The first-order valence-corrected chi connectivity index (χ1v) is 5.98. The van der Waals surface area contributed by atoms with E-state index in [1.807, 2.05) is 0 Å². The summed E-state index contributed by atoms with van der Waals surface area (Å²) in [5.41, 5.74) is 0.799. The summed E-state index contributed by atoms with van der Waals surface area (Å²) in [6.45, 7) is 2.66. The van der Waals surface area contributed by atoms with Crippen LogP contribution in [0.15, 0.2) is 17.8 Å². The third kappa shape index (κ3) is 2.78. The highest BCUT2D eigenvalue weighted by Crippen LogP contribution is 2.40. The standard InChI is InChI=1S/C13H15NO5/c1-3-10(14(15)16)6-9-7-11(17-2)13-12(8-9)18-4-5-19-13/h6-8H,3-5H2,1-2H3/b10-6+. The Morgan fingerprint density at radius 1 is 1.47 bits per heavy atom. The second kappa shape index (κ2) is 5.60. The Morgan fingerprint density at radius 2 is 2.21 bits per heavy atom. The van der Waals surface area contributed by atoms with Gasteiger partial charge < -0.3 is 14.2 Å². The molecule has 0 saturated heterocycles. The minimum absolute atomic E-state index is 0.138. The number of benzene rings is 1. The SMILES string of the molecule is CC/C(=C\c1cc(OC)c2c(c1)OCCO2)[N+](=O)[O-]. The van der Waals surface area contributed by atoms with Crippen molar-refractivity contribution >= 4 is 6.08 Å². The topological polar surface area (TPSA) is 70.8 Å². The molecule has 1 aromatic rings. The van der Waals surface area contributed by atoms with E-state index in [0.717, 1.165) is 0 Å². The number of hydrogen-bond acceptors (Lipinski definition) is 5.